The minimum absolute atomic E-state index is 0.396. The van der Waals surface area contributed by atoms with Gasteiger partial charge in [0, 0.05) is 34.2 Å². The Hall–Kier alpha value is -2.17. The van der Waals surface area contributed by atoms with Crippen molar-refractivity contribution >= 4 is 15.9 Å². The van der Waals surface area contributed by atoms with Gasteiger partial charge in [0.15, 0.2) is 0 Å². The minimum Gasteiger partial charge on any atom is -0.306 e. The number of hydrogen-bond acceptors (Lipinski definition) is 2. The molecule has 1 aromatic heterocycles. The molecule has 3 nitrogen and oxygen atoms in total. The number of nitrogens with one attached hydrogen (secondary N) is 1. The van der Waals surface area contributed by atoms with E-state index in [0.29, 0.717) is 17.9 Å². The first-order chi connectivity index (χ1) is 14.4. The highest BCUT2D eigenvalue weighted by Crippen LogP contribution is 2.34. The molecule has 0 fully saturated rings. The second-order valence-electron chi connectivity index (χ2n) is 8.59. The number of aryl methyl sites for hydroxylation is 1. The molecule has 1 aliphatic carbocycles. The van der Waals surface area contributed by atoms with Gasteiger partial charge in [-0.3, -0.25) is 0 Å². The van der Waals surface area contributed by atoms with Crippen LogP contribution >= 0.6 is 15.9 Å². The van der Waals surface area contributed by atoms with Crippen molar-refractivity contribution in [3.63, 3.8) is 0 Å². The highest BCUT2D eigenvalue weighted by molar-refractivity contribution is 9.10. The summed E-state index contributed by atoms with van der Waals surface area (Å²) in [6.45, 7) is 9.68. The van der Waals surface area contributed by atoms with Crippen LogP contribution in [0.3, 0.4) is 0 Å². The van der Waals surface area contributed by atoms with E-state index in [1.54, 1.807) is 0 Å². The highest BCUT2D eigenvalue weighted by Gasteiger charge is 2.26. The Bertz CT molecular complexity index is 1050. The van der Waals surface area contributed by atoms with Crippen LogP contribution in [-0.4, -0.2) is 15.8 Å². The highest BCUT2D eigenvalue weighted by atomic mass is 79.9. The van der Waals surface area contributed by atoms with E-state index >= 15 is 0 Å². The summed E-state index contributed by atoms with van der Waals surface area (Å²) in [6, 6.07) is 17.7. The fourth-order valence-electron chi connectivity index (χ4n) is 4.38. The van der Waals surface area contributed by atoms with Crippen molar-refractivity contribution < 1.29 is 0 Å². The monoisotopic (exact) mass is 463 g/mol. The molecule has 0 bridgehead atoms. The van der Waals surface area contributed by atoms with Crippen LogP contribution in [0.4, 0.5) is 0 Å². The molecule has 30 heavy (non-hydrogen) atoms. The van der Waals surface area contributed by atoms with Crippen LogP contribution in [0.5, 0.6) is 0 Å². The molecule has 0 aliphatic heterocycles. The average molecular weight is 464 g/mol. The molecule has 4 heteroatoms. The van der Waals surface area contributed by atoms with E-state index in [9.17, 15) is 0 Å². The molecular weight excluding hydrogens is 434 g/mol. The predicted octanol–water partition coefficient (Wildman–Crippen LogP) is 6.58. The Labute approximate surface area is 188 Å². The summed E-state index contributed by atoms with van der Waals surface area (Å²) in [4.78, 5) is 0. The summed E-state index contributed by atoms with van der Waals surface area (Å²) in [5.41, 5.74) is 7.53. The molecule has 0 saturated carbocycles. The Morgan fingerprint density at radius 2 is 1.87 bits per heavy atom. The van der Waals surface area contributed by atoms with Crippen molar-refractivity contribution in [3.8, 4) is 5.69 Å². The van der Waals surface area contributed by atoms with Crippen LogP contribution < -0.4 is 5.32 Å². The van der Waals surface area contributed by atoms with Gasteiger partial charge >= 0.3 is 0 Å². The van der Waals surface area contributed by atoms with E-state index in [-0.39, 0.29) is 0 Å². The van der Waals surface area contributed by atoms with E-state index < -0.39 is 0 Å². The molecule has 156 valence electrons. The maximum absolute atomic E-state index is 4.85. The number of allylic oxidation sites excluding steroid dienone is 1. The first-order valence-corrected chi connectivity index (χ1v) is 11.5. The third-order valence-electron chi connectivity index (χ3n) is 6.07. The fraction of sp³-hybridized carbons (Fsp3) is 0.346. The first-order valence-electron chi connectivity index (χ1n) is 10.7. The van der Waals surface area contributed by atoms with Crippen molar-refractivity contribution in [1.82, 2.24) is 15.1 Å². The average Bonchev–Trinajstić information content (AvgIpc) is 3.30. The zero-order valence-corrected chi connectivity index (χ0v) is 19.8. The van der Waals surface area contributed by atoms with E-state index in [2.05, 4.69) is 108 Å². The minimum atomic E-state index is 0.396. The third-order valence-corrected chi connectivity index (χ3v) is 6.56. The number of rotatable bonds is 6. The van der Waals surface area contributed by atoms with E-state index in [1.165, 1.54) is 22.4 Å². The summed E-state index contributed by atoms with van der Waals surface area (Å²) in [5.74, 6) is 0.988. The lowest BCUT2D eigenvalue weighted by Gasteiger charge is -2.15. The summed E-state index contributed by atoms with van der Waals surface area (Å²) >= 11 is 3.57. The van der Waals surface area contributed by atoms with Crippen LogP contribution in [0, 0.1) is 13.8 Å². The van der Waals surface area contributed by atoms with Gasteiger partial charge < -0.3 is 5.32 Å². The third kappa shape index (κ3) is 4.45. The lowest BCUT2D eigenvalue weighted by Crippen LogP contribution is -2.25. The first kappa shape index (κ1) is 21.1. The zero-order valence-electron chi connectivity index (χ0n) is 18.2. The predicted molar refractivity (Wildman–Crippen MR) is 128 cm³/mol. The number of halogens is 1. The molecule has 4 rings (SSSR count). The summed E-state index contributed by atoms with van der Waals surface area (Å²) in [6.07, 6.45) is 5.75. The van der Waals surface area contributed by atoms with E-state index in [4.69, 9.17) is 5.10 Å². The quantitative estimate of drug-likeness (QED) is 0.418. The van der Waals surface area contributed by atoms with Crippen molar-refractivity contribution in [2.45, 2.75) is 58.5 Å². The van der Waals surface area contributed by atoms with Gasteiger partial charge in [-0.1, -0.05) is 72.3 Å². The topological polar surface area (TPSA) is 29.9 Å². The fourth-order valence-corrected chi connectivity index (χ4v) is 4.77. The van der Waals surface area contributed by atoms with Gasteiger partial charge in [-0.15, -0.1) is 0 Å². The molecular formula is C26H30BrN3. The van der Waals surface area contributed by atoms with Crippen molar-refractivity contribution in [3.05, 3.63) is 93.2 Å². The molecule has 1 N–H and O–H groups in total. The molecule has 1 aliphatic rings. The van der Waals surface area contributed by atoms with Crippen LogP contribution in [-0.2, 0) is 6.54 Å². The number of hydrogen-bond donors (Lipinski definition) is 1. The van der Waals surface area contributed by atoms with Crippen molar-refractivity contribution in [2.75, 3.05) is 0 Å². The van der Waals surface area contributed by atoms with Crippen molar-refractivity contribution in [1.29, 1.82) is 0 Å². The molecule has 1 heterocycles. The smallest absolute Gasteiger partial charge is 0.0660 e. The SMILES string of the molecule is Cc1nn(-c2cccc(Br)c2)c(C)c1[C@@H]1C=C[C@@H](NCc2ccc(C(C)C)cc2)C1. The Morgan fingerprint density at radius 1 is 1.10 bits per heavy atom. The van der Waals surface area contributed by atoms with E-state index in [1.807, 2.05) is 6.07 Å². The Morgan fingerprint density at radius 3 is 2.57 bits per heavy atom. The van der Waals surface area contributed by atoms with E-state index in [0.717, 1.165) is 28.8 Å². The summed E-state index contributed by atoms with van der Waals surface area (Å²) in [5, 5.41) is 8.56. The number of benzene rings is 2. The van der Waals surface area contributed by atoms with Crippen LogP contribution in [0.1, 0.15) is 60.2 Å². The van der Waals surface area contributed by atoms with Crippen molar-refractivity contribution in [2.24, 2.45) is 0 Å². The van der Waals surface area contributed by atoms with Crippen LogP contribution in [0.15, 0.2) is 65.2 Å². The standard InChI is InChI=1S/C26H30BrN3/c1-17(2)21-10-8-20(9-11-21)16-28-24-13-12-22(14-24)26-18(3)29-30(19(26)4)25-7-5-6-23(27)15-25/h5-13,15,17,22,24,28H,14,16H2,1-4H3/t22-,24-/m1/s1. The molecule has 0 spiro atoms. The lowest BCUT2D eigenvalue weighted by molar-refractivity contribution is 0.559. The maximum atomic E-state index is 4.85. The summed E-state index contributed by atoms with van der Waals surface area (Å²) < 4.78 is 3.14. The van der Waals surface area contributed by atoms with Crippen LogP contribution in [0.25, 0.3) is 5.69 Å². The molecule has 0 saturated heterocycles. The second-order valence-corrected chi connectivity index (χ2v) is 9.50. The normalized spacial score (nSPS) is 18.5. The largest absolute Gasteiger partial charge is 0.306 e. The molecule has 3 aromatic rings. The maximum Gasteiger partial charge on any atom is 0.0660 e. The number of aromatic nitrogens is 2. The van der Waals surface area contributed by atoms with Gasteiger partial charge in [0.25, 0.3) is 0 Å². The van der Waals surface area contributed by atoms with Gasteiger partial charge in [0.05, 0.1) is 11.4 Å². The van der Waals surface area contributed by atoms with Gasteiger partial charge in [0.1, 0.15) is 0 Å². The Kier molecular flexibility index (Phi) is 6.26. The number of nitrogens with zero attached hydrogens (tertiary/aromatic N) is 2. The molecule has 0 unspecified atom stereocenters. The van der Waals surface area contributed by atoms with Gasteiger partial charge in [0.2, 0.25) is 0 Å². The molecule has 2 aromatic carbocycles. The van der Waals surface area contributed by atoms with Gasteiger partial charge in [-0.25, -0.2) is 4.68 Å². The summed E-state index contributed by atoms with van der Waals surface area (Å²) in [7, 11) is 0. The second kappa shape index (κ2) is 8.91. The lowest BCUT2D eigenvalue weighted by atomic mass is 9.95. The van der Waals surface area contributed by atoms with Crippen LogP contribution in [0.2, 0.25) is 0 Å². The molecule has 0 radical (unpaired) electrons. The molecule has 0 amide bonds. The zero-order chi connectivity index (χ0) is 21.3. The van der Waals surface area contributed by atoms with Gasteiger partial charge in [-0.2, -0.15) is 5.10 Å². The molecule has 2 atom stereocenters. The Balaban J connectivity index is 1.43. The van der Waals surface area contributed by atoms with Gasteiger partial charge in [-0.05, 0) is 55.5 Å².